The molecule has 0 radical (unpaired) electrons. The quantitative estimate of drug-likeness (QED) is 0.650. The van der Waals surface area contributed by atoms with Gasteiger partial charge in [-0.15, -0.1) is 0 Å². The highest BCUT2D eigenvalue weighted by Gasteiger charge is 2.30. The van der Waals surface area contributed by atoms with Crippen molar-refractivity contribution >= 4 is 6.09 Å². The summed E-state index contributed by atoms with van der Waals surface area (Å²) in [6.07, 6.45) is -0.803. The Bertz CT molecular complexity index is 185. The SMILES string of the molecule is CC.CC1C(C)N(C(=O)O)CCN1C. The van der Waals surface area contributed by atoms with E-state index >= 15 is 0 Å². The van der Waals surface area contributed by atoms with Crippen LogP contribution in [0.4, 0.5) is 4.79 Å². The van der Waals surface area contributed by atoms with Gasteiger partial charge in [-0.1, -0.05) is 13.8 Å². The van der Waals surface area contributed by atoms with Crippen molar-refractivity contribution in [2.45, 2.75) is 39.8 Å². The van der Waals surface area contributed by atoms with E-state index in [1.807, 2.05) is 27.8 Å². The fourth-order valence-electron chi connectivity index (χ4n) is 1.57. The molecule has 1 saturated heterocycles. The molecule has 0 bridgehead atoms. The average Bonchev–Trinajstić information content (AvgIpc) is 2.17. The molecule has 1 heterocycles. The van der Waals surface area contributed by atoms with Crippen molar-refractivity contribution in [1.82, 2.24) is 9.80 Å². The van der Waals surface area contributed by atoms with Gasteiger partial charge in [-0.05, 0) is 20.9 Å². The lowest BCUT2D eigenvalue weighted by Gasteiger charge is -2.41. The van der Waals surface area contributed by atoms with Gasteiger partial charge in [-0.3, -0.25) is 4.90 Å². The number of hydrogen-bond donors (Lipinski definition) is 1. The molecule has 0 aromatic carbocycles. The Balaban J connectivity index is 0.000000791. The molecule has 1 N–H and O–H groups in total. The first kappa shape index (κ1) is 13.2. The number of rotatable bonds is 0. The van der Waals surface area contributed by atoms with Gasteiger partial charge in [0.05, 0.1) is 0 Å². The standard InChI is InChI=1S/C8H16N2O2.C2H6/c1-6-7(2)10(8(11)12)5-4-9(6)3;1-2/h6-7H,4-5H2,1-3H3,(H,11,12);1-2H3. The number of carbonyl (C=O) groups is 1. The minimum atomic E-state index is -0.803. The van der Waals surface area contributed by atoms with E-state index in [4.69, 9.17) is 5.11 Å². The predicted molar refractivity (Wildman–Crippen MR) is 57.6 cm³/mol. The van der Waals surface area contributed by atoms with Crippen LogP contribution in [0.15, 0.2) is 0 Å². The third-order valence-corrected chi connectivity index (χ3v) is 2.82. The van der Waals surface area contributed by atoms with Crippen LogP contribution in [0, 0.1) is 0 Å². The number of carboxylic acid groups (broad SMARTS) is 1. The van der Waals surface area contributed by atoms with E-state index < -0.39 is 6.09 Å². The third kappa shape index (κ3) is 2.87. The van der Waals surface area contributed by atoms with E-state index in [0.29, 0.717) is 12.6 Å². The second-order valence-corrected chi connectivity index (χ2v) is 3.44. The summed E-state index contributed by atoms with van der Waals surface area (Å²) in [5.41, 5.74) is 0. The molecule has 0 aliphatic carbocycles. The molecule has 1 fully saturated rings. The van der Waals surface area contributed by atoms with Gasteiger partial charge in [0.1, 0.15) is 0 Å². The van der Waals surface area contributed by atoms with Crippen molar-refractivity contribution in [3.05, 3.63) is 0 Å². The molecular formula is C10H22N2O2. The van der Waals surface area contributed by atoms with Crippen LogP contribution in [0.2, 0.25) is 0 Å². The molecule has 0 spiro atoms. The molecule has 1 aliphatic heterocycles. The van der Waals surface area contributed by atoms with Crippen molar-refractivity contribution in [2.24, 2.45) is 0 Å². The number of nitrogens with zero attached hydrogens (tertiary/aromatic N) is 2. The molecule has 1 amide bonds. The molecule has 2 unspecified atom stereocenters. The summed E-state index contributed by atoms with van der Waals surface area (Å²) in [5.74, 6) is 0. The molecule has 1 rings (SSSR count). The molecule has 0 aromatic heterocycles. The topological polar surface area (TPSA) is 43.8 Å². The molecule has 4 heteroatoms. The van der Waals surface area contributed by atoms with Crippen LogP contribution in [-0.4, -0.2) is 53.2 Å². The summed E-state index contributed by atoms with van der Waals surface area (Å²) in [7, 11) is 2.03. The Morgan fingerprint density at radius 1 is 1.21 bits per heavy atom. The van der Waals surface area contributed by atoms with E-state index in [2.05, 4.69) is 11.8 Å². The smallest absolute Gasteiger partial charge is 0.407 e. The lowest BCUT2D eigenvalue weighted by atomic mass is 10.1. The van der Waals surface area contributed by atoms with Crippen LogP contribution in [0.3, 0.4) is 0 Å². The fourth-order valence-corrected chi connectivity index (χ4v) is 1.57. The first-order valence-corrected chi connectivity index (χ1v) is 5.24. The second kappa shape index (κ2) is 5.86. The largest absolute Gasteiger partial charge is 0.465 e. The van der Waals surface area contributed by atoms with E-state index in [1.165, 1.54) is 4.90 Å². The average molecular weight is 202 g/mol. The summed E-state index contributed by atoms with van der Waals surface area (Å²) in [6.45, 7) is 9.46. The van der Waals surface area contributed by atoms with E-state index in [0.717, 1.165) is 6.54 Å². The Kier molecular flexibility index (Phi) is 5.53. The minimum Gasteiger partial charge on any atom is -0.465 e. The zero-order valence-corrected chi connectivity index (χ0v) is 9.82. The van der Waals surface area contributed by atoms with Crippen LogP contribution in [0.5, 0.6) is 0 Å². The fraction of sp³-hybridized carbons (Fsp3) is 0.900. The third-order valence-electron chi connectivity index (χ3n) is 2.82. The first-order chi connectivity index (χ1) is 6.54. The van der Waals surface area contributed by atoms with Gasteiger partial charge in [-0.25, -0.2) is 4.79 Å². The predicted octanol–water partition coefficient (Wildman–Crippen LogP) is 1.72. The molecular weight excluding hydrogens is 180 g/mol. The summed E-state index contributed by atoms with van der Waals surface area (Å²) in [5, 5.41) is 8.82. The van der Waals surface area contributed by atoms with Gasteiger partial charge in [0.2, 0.25) is 0 Å². The first-order valence-electron chi connectivity index (χ1n) is 5.24. The molecule has 1 aliphatic rings. The van der Waals surface area contributed by atoms with Crippen LogP contribution in [0.1, 0.15) is 27.7 Å². The normalized spacial score (nSPS) is 27.9. The highest BCUT2D eigenvalue weighted by atomic mass is 16.4. The number of hydrogen-bond acceptors (Lipinski definition) is 2. The lowest BCUT2D eigenvalue weighted by Crippen LogP contribution is -2.57. The van der Waals surface area contributed by atoms with Crippen LogP contribution < -0.4 is 0 Å². The van der Waals surface area contributed by atoms with Crippen molar-refractivity contribution in [3.63, 3.8) is 0 Å². The summed E-state index contributed by atoms with van der Waals surface area (Å²) >= 11 is 0. The minimum absolute atomic E-state index is 0.0984. The Labute approximate surface area is 86.5 Å². The van der Waals surface area contributed by atoms with Gasteiger partial charge >= 0.3 is 6.09 Å². The molecule has 0 saturated carbocycles. The van der Waals surface area contributed by atoms with Gasteiger partial charge in [-0.2, -0.15) is 0 Å². The molecule has 4 nitrogen and oxygen atoms in total. The number of likely N-dealkylation sites (N-methyl/N-ethyl adjacent to an activating group) is 1. The zero-order valence-electron chi connectivity index (χ0n) is 9.82. The highest BCUT2D eigenvalue weighted by Crippen LogP contribution is 2.14. The summed E-state index contributed by atoms with van der Waals surface area (Å²) < 4.78 is 0. The number of piperazine rings is 1. The van der Waals surface area contributed by atoms with Crippen molar-refractivity contribution < 1.29 is 9.90 Å². The molecule has 14 heavy (non-hydrogen) atoms. The zero-order chi connectivity index (χ0) is 11.3. The van der Waals surface area contributed by atoms with Crippen LogP contribution >= 0.6 is 0 Å². The molecule has 0 aromatic rings. The maximum atomic E-state index is 10.7. The van der Waals surface area contributed by atoms with Crippen LogP contribution in [0.25, 0.3) is 0 Å². The van der Waals surface area contributed by atoms with Gasteiger partial charge in [0.25, 0.3) is 0 Å². The van der Waals surface area contributed by atoms with Gasteiger partial charge < -0.3 is 10.0 Å². The molecule has 84 valence electrons. The molecule has 2 atom stereocenters. The Hall–Kier alpha value is -0.770. The number of amides is 1. The second-order valence-electron chi connectivity index (χ2n) is 3.44. The van der Waals surface area contributed by atoms with Crippen molar-refractivity contribution in [3.8, 4) is 0 Å². The van der Waals surface area contributed by atoms with Crippen molar-refractivity contribution in [1.29, 1.82) is 0 Å². The maximum Gasteiger partial charge on any atom is 0.407 e. The monoisotopic (exact) mass is 202 g/mol. The maximum absolute atomic E-state index is 10.7. The van der Waals surface area contributed by atoms with E-state index in [-0.39, 0.29) is 6.04 Å². The van der Waals surface area contributed by atoms with E-state index in [9.17, 15) is 4.79 Å². The van der Waals surface area contributed by atoms with Gasteiger partial charge in [0, 0.05) is 25.2 Å². The lowest BCUT2D eigenvalue weighted by molar-refractivity contribution is 0.0517. The Morgan fingerprint density at radius 3 is 2.14 bits per heavy atom. The van der Waals surface area contributed by atoms with Crippen molar-refractivity contribution in [2.75, 3.05) is 20.1 Å². The summed E-state index contributed by atoms with van der Waals surface area (Å²) in [6, 6.07) is 0.413. The van der Waals surface area contributed by atoms with E-state index in [1.54, 1.807) is 0 Å². The highest BCUT2D eigenvalue weighted by molar-refractivity contribution is 5.65. The van der Waals surface area contributed by atoms with Gasteiger partial charge in [0.15, 0.2) is 0 Å². The van der Waals surface area contributed by atoms with Crippen LogP contribution in [-0.2, 0) is 0 Å². The summed E-state index contributed by atoms with van der Waals surface area (Å²) in [4.78, 5) is 14.4. The Morgan fingerprint density at radius 2 is 1.71 bits per heavy atom.